The van der Waals surface area contributed by atoms with E-state index in [0.29, 0.717) is 11.9 Å². The minimum absolute atomic E-state index is 0.213. The van der Waals surface area contributed by atoms with E-state index in [0.717, 1.165) is 31.7 Å². The van der Waals surface area contributed by atoms with Gasteiger partial charge in [0.15, 0.2) is 0 Å². The molecule has 1 atom stereocenters. The van der Waals surface area contributed by atoms with Gasteiger partial charge >= 0.3 is 0 Å². The van der Waals surface area contributed by atoms with Gasteiger partial charge in [-0.2, -0.15) is 0 Å². The maximum Gasteiger partial charge on any atom is 0.144 e. The zero-order valence-electron chi connectivity index (χ0n) is 13.4. The molecule has 0 fully saturated rings. The van der Waals surface area contributed by atoms with E-state index in [2.05, 4.69) is 31.2 Å². The topological polar surface area (TPSA) is 70.6 Å². The summed E-state index contributed by atoms with van der Waals surface area (Å²) in [7, 11) is 0. The fourth-order valence-corrected chi connectivity index (χ4v) is 2.45. The third-order valence-corrected chi connectivity index (χ3v) is 4.25. The summed E-state index contributed by atoms with van der Waals surface area (Å²) in [5.41, 5.74) is 5.46. The molecule has 0 aromatic heterocycles. The van der Waals surface area contributed by atoms with Crippen molar-refractivity contribution in [3.8, 4) is 0 Å². The molecule has 0 aromatic carbocycles. The minimum Gasteiger partial charge on any atom is -0.409 e. The lowest BCUT2D eigenvalue weighted by molar-refractivity contribution is 0.303. The number of oxime groups is 1. The molecule has 0 aliphatic rings. The Morgan fingerprint density at radius 3 is 2.32 bits per heavy atom. The van der Waals surface area contributed by atoms with Gasteiger partial charge in [0, 0.05) is 11.5 Å². The molecule has 19 heavy (non-hydrogen) atoms. The van der Waals surface area contributed by atoms with Crippen LogP contribution in [-0.4, -0.2) is 23.6 Å². The summed E-state index contributed by atoms with van der Waals surface area (Å²) >= 11 is 0. The lowest BCUT2D eigenvalue weighted by Crippen LogP contribution is -2.34. The first-order valence-corrected chi connectivity index (χ1v) is 7.60. The van der Waals surface area contributed by atoms with Gasteiger partial charge in [-0.25, -0.2) is 0 Å². The second-order valence-corrected chi connectivity index (χ2v) is 6.15. The number of amidine groups is 1. The monoisotopic (exact) mass is 271 g/mol. The molecule has 0 aliphatic carbocycles. The second kappa shape index (κ2) is 9.18. The molecule has 0 spiro atoms. The van der Waals surface area contributed by atoms with Crippen molar-refractivity contribution in [3.63, 3.8) is 0 Å². The van der Waals surface area contributed by atoms with Gasteiger partial charge in [-0.1, -0.05) is 52.1 Å². The molecule has 0 radical (unpaired) electrons. The van der Waals surface area contributed by atoms with Crippen molar-refractivity contribution < 1.29 is 5.21 Å². The first kappa shape index (κ1) is 18.2. The number of nitrogens with zero attached hydrogens (tertiary/aromatic N) is 1. The normalized spacial score (nSPS) is 14.9. The Bertz CT molecular complexity index is 260. The predicted molar refractivity (Wildman–Crippen MR) is 82.6 cm³/mol. The van der Waals surface area contributed by atoms with Crippen molar-refractivity contribution in [2.24, 2.45) is 22.2 Å². The van der Waals surface area contributed by atoms with Gasteiger partial charge in [0.1, 0.15) is 5.84 Å². The van der Waals surface area contributed by atoms with Crippen LogP contribution in [-0.2, 0) is 0 Å². The maximum absolute atomic E-state index is 8.71. The van der Waals surface area contributed by atoms with E-state index in [9.17, 15) is 0 Å². The van der Waals surface area contributed by atoms with Crippen molar-refractivity contribution >= 4 is 5.84 Å². The largest absolute Gasteiger partial charge is 0.409 e. The molecule has 0 aliphatic heterocycles. The highest BCUT2D eigenvalue weighted by atomic mass is 16.4. The summed E-state index contributed by atoms with van der Waals surface area (Å²) in [6.07, 6.45) is 5.64. The van der Waals surface area contributed by atoms with Crippen LogP contribution in [0.15, 0.2) is 5.16 Å². The van der Waals surface area contributed by atoms with E-state index < -0.39 is 0 Å². The van der Waals surface area contributed by atoms with Crippen LogP contribution in [0.4, 0.5) is 0 Å². The van der Waals surface area contributed by atoms with Crippen LogP contribution < -0.4 is 11.1 Å². The van der Waals surface area contributed by atoms with E-state index >= 15 is 0 Å². The van der Waals surface area contributed by atoms with Crippen LogP contribution in [0.1, 0.15) is 66.7 Å². The van der Waals surface area contributed by atoms with Crippen LogP contribution in [0.2, 0.25) is 0 Å². The molecule has 114 valence electrons. The van der Waals surface area contributed by atoms with Crippen molar-refractivity contribution in [3.05, 3.63) is 0 Å². The van der Waals surface area contributed by atoms with E-state index in [4.69, 9.17) is 10.9 Å². The molecule has 0 amide bonds. The molecule has 4 nitrogen and oxygen atoms in total. The number of hydrogen-bond donors (Lipinski definition) is 3. The van der Waals surface area contributed by atoms with Crippen molar-refractivity contribution in [1.29, 1.82) is 0 Å². The average molecular weight is 271 g/mol. The summed E-state index contributed by atoms with van der Waals surface area (Å²) in [6, 6.07) is 0.590. The Morgan fingerprint density at radius 2 is 1.84 bits per heavy atom. The fraction of sp³-hybridized carbons (Fsp3) is 0.933. The molecule has 4 heteroatoms. The van der Waals surface area contributed by atoms with Gasteiger partial charge in [-0.3, -0.25) is 0 Å². The predicted octanol–water partition coefficient (Wildman–Crippen LogP) is 3.34. The summed E-state index contributed by atoms with van der Waals surface area (Å²) in [4.78, 5) is 0. The lowest BCUT2D eigenvalue weighted by Gasteiger charge is -2.24. The van der Waals surface area contributed by atoms with Crippen LogP contribution in [0.3, 0.4) is 0 Å². The molecule has 1 unspecified atom stereocenters. The molecule has 0 bridgehead atoms. The zero-order chi connectivity index (χ0) is 14.9. The van der Waals surface area contributed by atoms with E-state index in [-0.39, 0.29) is 5.41 Å². The molecule has 0 saturated carbocycles. The summed E-state index contributed by atoms with van der Waals surface area (Å²) in [5.74, 6) is 1.10. The quantitative estimate of drug-likeness (QED) is 0.188. The van der Waals surface area contributed by atoms with Crippen LogP contribution in [0.5, 0.6) is 0 Å². The average Bonchev–Trinajstić information content (AvgIpc) is 2.38. The van der Waals surface area contributed by atoms with Gasteiger partial charge in [0.2, 0.25) is 0 Å². The third kappa shape index (κ3) is 6.81. The van der Waals surface area contributed by atoms with E-state index in [1.54, 1.807) is 0 Å². The zero-order valence-corrected chi connectivity index (χ0v) is 13.4. The Balaban J connectivity index is 3.82. The molecule has 0 heterocycles. The van der Waals surface area contributed by atoms with Gasteiger partial charge in [-0.15, -0.1) is 0 Å². The van der Waals surface area contributed by atoms with Gasteiger partial charge in [0.25, 0.3) is 0 Å². The standard InChI is InChI=1S/C15H33N3O/c1-6-13(7-2)12(3)17-11-9-8-10-15(4,5)14(16)18-19/h12-13,17,19H,6-11H2,1-5H3,(H2,16,18). The summed E-state index contributed by atoms with van der Waals surface area (Å²) in [6.45, 7) is 11.9. The van der Waals surface area contributed by atoms with Crippen molar-refractivity contribution in [2.75, 3.05) is 6.54 Å². The van der Waals surface area contributed by atoms with E-state index in [1.165, 1.54) is 12.8 Å². The highest BCUT2D eigenvalue weighted by Gasteiger charge is 2.22. The highest BCUT2D eigenvalue weighted by Crippen LogP contribution is 2.23. The number of nitrogens with two attached hydrogens (primary N) is 1. The highest BCUT2D eigenvalue weighted by molar-refractivity contribution is 5.85. The van der Waals surface area contributed by atoms with Gasteiger partial charge in [-0.05, 0) is 32.2 Å². The molecule has 4 N–H and O–H groups in total. The third-order valence-electron chi connectivity index (χ3n) is 4.25. The smallest absolute Gasteiger partial charge is 0.144 e. The van der Waals surface area contributed by atoms with E-state index in [1.807, 2.05) is 13.8 Å². The van der Waals surface area contributed by atoms with Crippen LogP contribution >= 0.6 is 0 Å². The van der Waals surface area contributed by atoms with Crippen molar-refractivity contribution in [2.45, 2.75) is 72.8 Å². The number of rotatable bonds is 10. The second-order valence-electron chi connectivity index (χ2n) is 6.15. The Hall–Kier alpha value is -0.770. The molecule has 0 saturated heterocycles. The molecule has 0 aromatic rings. The summed E-state index contributed by atoms with van der Waals surface area (Å²) in [5, 5.41) is 15.4. The van der Waals surface area contributed by atoms with Crippen molar-refractivity contribution in [1.82, 2.24) is 5.32 Å². The lowest BCUT2D eigenvalue weighted by atomic mass is 9.86. The molecule has 0 rings (SSSR count). The Labute approximate surface area is 118 Å². The first-order chi connectivity index (χ1) is 8.88. The van der Waals surface area contributed by atoms with Gasteiger partial charge in [0.05, 0.1) is 0 Å². The molecular formula is C15H33N3O. The molecular weight excluding hydrogens is 238 g/mol. The summed E-state index contributed by atoms with van der Waals surface area (Å²) < 4.78 is 0. The first-order valence-electron chi connectivity index (χ1n) is 7.60. The van der Waals surface area contributed by atoms with Gasteiger partial charge < -0.3 is 16.3 Å². The van der Waals surface area contributed by atoms with Crippen LogP contribution in [0.25, 0.3) is 0 Å². The Kier molecular flexibility index (Phi) is 8.81. The number of unbranched alkanes of at least 4 members (excludes halogenated alkanes) is 1. The SMILES string of the molecule is CCC(CC)C(C)NCCCCC(C)(C)C(N)=NO. The van der Waals surface area contributed by atoms with Crippen LogP contribution in [0, 0.1) is 11.3 Å². The number of nitrogens with one attached hydrogen (secondary N) is 1. The Morgan fingerprint density at radius 1 is 1.26 bits per heavy atom. The maximum atomic E-state index is 8.71. The fourth-order valence-electron chi connectivity index (χ4n) is 2.45. The number of hydrogen-bond acceptors (Lipinski definition) is 3. The minimum atomic E-state index is -0.213.